The molecule has 2 rings (SSSR count). The number of anilines is 1. The molecule has 7 nitrogen and oxygen atoms in total. The van der Waals surface area contributed by atoms with Gasteiger partial charge in [-0.15, -0.1) is 6.58 Å². The summed E-state index contributed by atoms with van der Waals surface area (Å²) in [4.78, 5) is 30.6. The molecule has 1 saturated heterocycles. The second kappa shape index (κ2) is 4.69. The van der Waals surface area contributed by atoms with E-state index in [9.17, 15) is 14.9 Å². The van der Waals surface area contributed by atoms with Gasteiger partial charge in [-0.2, -0.15) is 4.98 Å². The topological polar surface area (TPSA) is 89.2 Å². The molecule has 1 aromatic rings. The van der Waals surface area contributed by atoms with Crippen LogP contribution >= 0.6 is 11.6 Å². The van der Waals surface area contributed by atoms with Gasteiger partial charge >= 0.3 is 5.69 Å². The predicted molar refractivity (Wildman–Crippen MR) is 64.4 cm³/mol. The maximum atomic E-state index is 11.8. The first-order chi connectivity index (χ1) is 8.52. The average Bonchev–Trinajstić information content (AvgIpc) is 2.70. The lowest BCUT2D eigenvalue weighted by Gasteiger charge is -2.14. The predicted octanol–water partition coefficient (Wildman–Crippen LogP) is 1.58. The van der Waals surface area contributed by atoms with E-state index in [0.29, 0.717) is 6.54 Å². The molecule has 1 fully saturated rings. The molecule has 0 spiro atoms. The molecule has 1 aromatic heterocycles. The summed E-state index contributed by atoms with van der Waals surface area (Å²) in [6.45, 7) is 3.92. The third kappa shape index (κ3) is 2.17. The molecular formula is C10H9ClN4O3. The van der Waals surface area contributed by atoms with Crippen molar-refractivity contribution in [2.24, 2.45) is 5.92 Å². The molecule has 18 heavy (non-hydrogen) atoms. The van der Waals surface area contributed by atoms with E-state index in [1.54, 1.807) is 6.08 Å². The molecule has 0 aliphatic carbocycles. The highest BCUT2D eigenvalue weighted by molar-refractivity contribution is 6.28. The molecule has 0 aromatic carbocycles. The second-order valence-electron chi connectivity index (χ2n) is 3.81. The molecule has 8 heteroatoms. The monoisotopic (exact) mass is 268 g/mol. The summed E-state index contributed by atoms with van der Waals surface area (Å²) in [6, 6.07) is 0. The zero-order valence-electron chi connectivity index (χ0n) is 9.24. The minimum Gasteiger partial charge on any atom is -0.290 e. The van der Waals surface area contributed by atoms with E-state index in [0.717, 1.165) is 6.20 Å². The SMILES string of the molecule is C=CC1CC(=O)N(c2nc(Cl)ncc2[N+](=O)[O-])C1. The fourth-order valence-corrected chi connectivity index (χ4v) is 1.90. The van der Waals surface area contributed by atoms with Gasteiger partial charge in [-0.05, 0) is 11.6 Å². The van der Waals surface area contributed by atoms with Crippen molar-refractivity contribution in [3.63, 3.8) is 0 Å². The minimum absolute atomic E-state index is 0.0363. The first-order valence-corrected chi connectivity index (χ1v) is 5.50. The van der Waals surface area contributed by atoms with Gasteiger partial charge in [0.2, 0.25) is 17.0 Å². The number of halogens is 1. The van der Waals surface area contributed by atoms with E-state index in [4.69, 9.17) is 11.6 Å². The quantitative estimate of drug-likeness (QED) is 0.359. The highest BCUT2D eigenvalue weighted by Crippen LogP contribution is 2.31. The number of nitrogens with zero attached hydrogens (tertiary/aromatic N) is 4. The number of carbonyl (C=O) groups is 1. The van der Waals surface area contributed by atoms with Crippen molar-refractivity contribution in [1.29, 1.82) is 0 Å². The van der Waals surface area contributed by atoms with Crippen molar-refractivity contribution in [1.82, 2.24) is 9.97 Å². The van der Waals surface area contributed by atoms with Crippen LogP contribution in [0.4, 0.5) is 11.5 Å². The summed E-state index contributed by atoms with van der Waals surface area (Å²) in [5, 5.41) is 10.7. The summed E-state index contributed by atoms with van der Waals surface area (Å²) in [6.07, 6.45) is 2.91. The number of carbonyl (C=O) groups excluding carboxylic acids is 1. The van der Waals surface area contributed by atoms with E-state index < -0.39 is 4.92 Å². The van der Waals surface area contributed by atoms with Gasteiger partial charge in [-0.1, -0.05) is 6.08 Å². The normalized spacial score (nSPS) is 19.1. The fourth-order valence-electron chi connectivity index (χ4n) is 1.77. The standard InChI is InChI=1S/C10H9ClN4O3/c1-2-6-3-8(16)14(5-6)9-7(15(17)18)4-12-10(11)13-9/h2,4,6H,1,3,5H2. The summed E-state index contributed by atoms with van der Waals surface area (Å²) in [5.74, 6) is -0.335. The number of aromatic nitrogens is 2. The van der Waals surface area contributed by atoms with Crippen LogP contribution in [0.3, 0.4) is 0 Å². The summed E-state index contributed by atoms with van der Waals surface area (Å²) >= 11 is 5.61. The Labute approximate surface area is 107 Å². The van der Waals surface area contributed by atoms with Crippen molar-refractivity contribution in [2.45, 2.75) is 6.42 Å². The molecule has 1 unspecified atom stereocenters. The lowest BCUT2D eigenvalue weighted by atomic mass is 10.1. The smallest absolute Gasteiger partial charge is 0.290 e. The van der Waals surface area contributed by atoms with Gasteiger partial charge in [-0.25, -0.2) is 4.98 Å². The van der Waals surface area contributed by atoms with Crippen LogP contribution in [0.5, 0.6) is 0 Å². The molecule has 1 aliphatic heterocycles. The van der Waals surface area contributed by atoms with Gasteiger partial charge in [0.15, 0.2) is 0 Å². The molecule has 0 bridgehead atoms. The van der Waals surface area contributed by atoms with Crippen LogP contribution in [0.2, 0.25) is 5.28 Å². The maximum absolute atomic E-state index is 11.8. The molecule has 0 saturated carbocycles. The Morgan fingerprint density at radius 1 is 1.67 bits per heavy atom. The number of hydrogen-bond acceptors (Lipinski definition) is 5. The van der Waals surface area contributed by atoms with E-state index in [1.807, 2.05) is 0 Å². The van der Waals surface area contributed by atoms with Gasteiger partial charge in [-0.3, -0.25) is 19.8 Å². The zero-order chi connectivity index (χ0) is 13.3. The number of hydrogen-bond donors (Lipinski definition) is 0. The van der Waals surface area contributed by atoms with E-state index in [2.05, 4.69) is 16.5 Å². The Kier molecular flexibility index (Phi) is 3.24. The van der Waals surface area contributed by atoms with Crippen molar-refractivity contribution >= 4 is 29.0 Å². The van der Waals surface area contributed by atoms with Gasteiger partial charge in [0.25, 0.3) is 0 Å². The molecule has 1 amide bonds. The van der Waals surface area contributed by atoms with Crippen LogP contribution in [-0.2, 0) is 4.79 Å². The molecule has 0 radical (unpaired) electrons. The lowest BCUT2D eigenvalue weighted by molar-refractivity contribution is -0.384. The molecule has 94 valence electrons. The summed E-state index contributed by atoms with van der Waals surface area (Å²) in [7, 11) is 0. The molecule has 2 heterocycles. The summed E-state index contributed by atoms with van der Waals surface area (Å²) < 4.78 is 0. The second-order valence-corrected chi connectivity index (χ2v) is 4.15. The molecule has 1 aliphatic rings. The third-order valence-corrected chi connectivity index (χ3v) is 2.84. The number of nitro groups is 1. The van der Waals surface area contributed by atoms with Crippen LogP contribution in [0.15, 0.2) is 18.9 Å². The zero-order valence-corrected chi connectivity index (χ0v) is 10.0. The van der Waals surface area contributed by atoms with Crippen molar-refractivity contribution in [3.8, 4) is 0 Å². The third-order valence-electron chi connectivity index (χ3n) is 2.66. The Morgan fingerprint density at radius 3 is 2.94 bits per heavy atom. The Bertz CT molecular complexity index is 534. The first-order valence-electron chi connectivity index (χ1n) is 5.12. The summed E-state index contributed by atoms with van der Waals surface area (Å²) in [5.41, 5.74) is -0.336. The Morgan fingerprint density at radius 2 is 2.39 bits per heavy atom. The van der Waals surface area contributed by atoms with E-state index in [-0.39, 0.29) is 35.0 Å². The highest BCUT2D eigenvalue weighted by atomic mass is 35.5. The number of rotatable bonds is 3. The Hall–Kier alpha value is -2.02. The van der Waals surface area contributed by atoms with Crippen LogP contribution in [0.1, 0.15) is 6.42 Å². The van der Waals surface area contributed by atoms with E-state index in [1.165, 1.54) is 4.90 Å². The van der Waals surface area contributed by atoms with Crippen LogP contribution < -0.4 is 4.90 Å². The van der Waals surface area contributed by atoms with Gasteiger partial charge in [0, 0.05) is 18.9 Å². The fraction of sp³-hybridized carbons (Fsp3) is 0.300. The van der Waals surface area contributed by atoms with Crippen molar-refractivity contribution in [3.05, 3.63) is 34.2 Å². The molecular weight excluding hydrogens is 260 g/mol. The van der Waals surface area contributed by atoms with Crippen molar-refractivity contribution in [2.75, 3.05) is 11.4 Å². The van der Waals surface area contributed by atoms with E-state index >= 15 is 0 Å². The van der Waals surface area contributed by atoms with Crippen LogP contribution in [-0.4, -0.2) is 27.3 Å². The Balaban J connectivity index is 2.44. The minimum atomic E-state index is -0.639. The first kappa shape index (κ1) is 12.4. The van der Waals surface area contributed by atoms with Crippen LogP contribution in [0.25, 0.3) is 0 Å². The molecule has 0 N–H and O–H groups in total. The van der Waals surface area contributed by atoms with Gasteiger partial charge in [0.1, 0.15) is 6.20 Å². The lowest BCUT2D eigenvalue weighted by Crippen LogP contribution is -2.26. The largest absolute Gasteiger partial charge is 0.330 e. The highest BCUT2D eigenvalue weighted by Gasteiger charge is 2.34. The van der Waals surface area contributed by atoms with Crippen molar-refractivity contribution < 1.29 is 9.72 Å². The maximum Gasteiger partial charge on any atom is 0.330 e. The molecule has 1 atom stereocenters. The van der Waals surface area contributed by atoms with Crippen LogP contribution in [0, 0.1) is 16.0 Å². The van der Waals surface area contributed by atoms with Gasteiger partial charge in [0.05, 0.1) is 4.92 Å². The average molecular weight is 269 g/mol. The van der Waals surface area contributed by atoms with Gasteiger partial charge < -0.3 is 0 Å². The number of amides is 1.